The van der Waals surface area contributed by atoms with Gasteiger partial charge in [-0.25, -0.2) is 4.98 Å². The third kappa shape index (κ3) is 2.19. The molecular weight excluding hydrogens is 298 g/mol. The van der Waals surface area contributed by atoms with Gasteiger partial charge >= 0.3 is 0 Å². The van der Waals surface area contributed by atoms with Crippen molar-refractivity contribution in [2.24, 2.45) is 0 Å². The van der Waals surface area contributed by atoms with Gasteiger partial charge in [-0.15, -0.1) is 0 Å². The fourth-order valence-corrected chi connectivity index (χ4v) is 2.27. The molecule has 0 radical (unpaired) electrons. The Morgan fingerprint density at radius 3 is 2.80 bits per heavy atom. The van der Waals surface area contributed by atoms with E-state index < -0.39 is 0 Å². The van der Waals surface area contributed by atoms with Gasteiger partial charge < -0.3 is 10.1 Å². The lowest BCUT2D eigenvalue weighted by Gasteiger charge is -2.05. The molecule has 2 aromatic heterocycles. The number of nitrogens with zero attached hydrogens (tertiary/aromatic N) is 1. The minimum Gasteiger partial charge on any atom is -0.507 e. The molecule has 0 aliphatic carbocycles. The average molecular weight is 306 g/mol. The summed E-state index contributed by atoms with van der Waals surface area (Å²) in [6.45, 7) is 0. The number of hydrogen-bond acceptors (Lipinski definition) is 4. The topological polar surface area (TPSA) is 81.8 Å². The summed E-state index contributed by atoms with van der Waals surface area (Å²) in [6.07, 6.45) is 0. The number of fused-ring (bicyclic) bond motifs is 1. The van der Waals surface area contributed by atoms with Crippen molar-refractivity contribution >= 4 is 34.9 Å². The molecule has 0 unspecified atom stereocenters. The highest BCUT2D eigenvalue weighted by Crippen LogP contribution is 2.30. The van der Waals surface area contributed by atoms with Gasteiger partial charge in [-0.05, 0) is 42.5 Å². The number of benzene rings is 1. The summed E-state index contributed by atoms with van der Waals surface area (Å²) in [7, 11) is 0. The van der Waals surface area contributed by atoms with Crippen molar-refractivity contribution in [3.05, 3.63) is 50.5 Å². The predicted molar refractivity (Wildman–Crippen MR) is 79.7 cm³/mol. The zero-order chi connectivity index (χ0) is 14.3. The van der Waals surface area contributed by atoms with Gasteiger partial charge in [-0.3, -0.25) is 9.78 Å². The summed E-state index contributed by atoms with van der Waals surface area (Å²) >= 11 is 10.8. The molecule has 0 bridgehead atoms. The SMILES string of the molecule is O=c1[nH]c(=S)[nH]c2nc(-c3cc(Cl)ccc3O)ccc12. The number of pyridine rings is 1. The van der Waals surface area contributed by atoms with Gasteiger partial charge in [0.1, 0.15) is 11.4 Å². The van der Waals surface area contributed by atoms with E-state index in [2.05, 4.69) is 15.0 Å². The van der Waals surface area contributed by atoms with Crippen molar-refractivity contribution in [2.45, 2.75) is 0 Å². The Morgan fingerprint density at radius 1 is 1.20 bits per heavy atom. The number of aromatic amines is 2. The number of hydrogen-bond donors (Lipinski definition) is 3. The molecule has 0 aliphatic rings. The minimum atomic E-state index is -0.307. The Bertz CT molecular complexity index is 933. The van der Waals surface area contributed by atoms with Crippen LogP contribution in [0.4, 0.5) is 0 Å². The monoisotopic (exact) mass is 305 g/mol. The number of phenols is 1. The van der Waals surface area contributed by atoms with E-state index in [0.29, 0.717) is 27.3 Å². The van der Waals surface area contributed by atoms with Gasteiger partial charge in [-0.2, -0.15) is 0 Å². The maximum atomic E-state index is 11.7. The average Bonchev–Trinajstić information content (AvgIpc) is 2.40. The van der Waals surface area contributed by atoms with E-state index >= 15 is 0 Å². The van der Waals surface area contributed by atoms with Crippen molar-refractivity contribution in [3.63, 3.8) is 0 Å². The summed E-state index contributed by atoms with van der Waals surface area (Å²) < 4.78 is 0.197. The number of rotatable bonds is 1. The fraction of sp³-hybridized carbons (Fsp3) is 0. The molecule has 3 aromatic rings. The lowest BCUT2D eigenvalue weighted by Crippen LogP contribution is -2.08. The molecule has 0 fully saturated rings. The highest BCUT2D eigenvalue weighted by Gasteiger charge is 2.09. The van der Waals surface area contributed by atoms with Gasteiger partial charge in [0.05, 0.1) is 11.1 Å². The molecule has 20 heavy (non-hydrogen) atoms. The van der Waals surface area contributed by atoms with Crippen LogP contribution < -0.4 is 5.56 Å². The molecular formula is C13H8ClN3O2S. The van der Waals surface area contributed by atoms with Gasteiger partial charge in [-0.1, -0.05) is 11.6 Å². The first-order chi connectivity index (χ1) is 9.54. The number of aromatic hydroxyl groups is 1. The highest BCUT2D eigenvalue weighted by molar-refractivity contribution is 7.71. The Balaban J connectivity index is 2.30. The molecule has 0 aliphatic heterocycles. The third-order valence-electron chi connectivity index (χ3n) is 2.83. The molecule has 2 heterocycles. The number of nitrogens with one attached hydrogen (secondary N) is 2. The Hall–Kier alpha value is -2.18. The minimum absolute atomic E-state index is 0.0599. The number of halogens is 1. The first-order valence-corrected chi connectivity index (χ1v) is 6.45. The number of phenolic OH excluding ortho intramolecular Hbond substituents is 1. The molecule has 1 aromatic carbocycles. The van der Waals surface area contributed by atoms with E-state index in [1.807, 2.05) is 0 Å². The molecule has 100 valence electrons. The second kappa shape index (κ2) is 4.73. The number of H-pyrrole nitrogens is 2. The van der Waals surface area contributed by atoms with Crippen LogP contribution in [0.1, 0.15) is 0 Å². The summed E-state index contributed by atoms with van der Waals surface area (Å²) in [5.74, 6) is 0.0599. The fourth-order valence-electron chi connectivity index (χ4n) is 1.91. The van der Waals surface area contributed by atoms with E-state index in [-0.39, 0.29) is 16.1 Å². The quantitative estimate of drug-likeness (QED) is 0.604. The van der Waals surface area contributed by atoms with E-state index in [1.165, 1.54) is 6.07 Å². The molecule has 0 saturated carbocycles. The second-order valence-electron chi connectivity index (χ2n) is 4.16. The van der Waals surface area contributed by atoms with Crippen LogP contribution in [0.2, 0.25) is 5.02 Å². The first kappa shape index (κ1) is 12.8. The molecule has 7 heteroatoms. The van der Waals surface area contributed by atoms with Crippen LogP contribution in [0.3, 0.4) is 0 Å². The van der Waals surface area contributed by atoms with Crippen LogP contribution in [-0.2, 0) is 0 Å². The normalized spacial score (nSPS) is 10.8. The summed E-state index contributed by atoms with van der Waals surface area (Å²) in [5, 5.41) is 10.7. The third-order valence-corrected chi connectivity index (χ3v) is 3.27. The van der Waals surface area contributed by atoms with E-state index in [4.69, 9.17) is 23.8 Å². The van der Waals surface area contributed by atoms with Crippen LogP contribution in [0, 0.1) is 4.77 Å². The molecule has 0 saturated heterocycles. The van der Waals surface area contributed by atoms with E-state index in [0.717, 1.165) is 0 Å². The van der Waals surface area contributed by atoms with Gasteiger partial charge in [0.25, 0.3) is 5.56 Å². The van der Waals surface area contributed by atoms with Crippen LogP contribution in [-0.4, -0.2) is 20.1 Å². The van der Waals surface area contributed by atoms with Crippen LogP contribution >= 0.6 is 23.8 Å². The summed E-state index contributed by atoms with van der Waals surface area (Å²) in [6, 6.07) is 7.93. The molecule has 3 N–H and O–H groups in total. The van der Waals surface area contributed by atoms with Gasteiger partial charge in [0.15, 0.2) is 4.77 Å². The predicted octanol–water partition coefficient (Wildman–Crippen LogP) is 3.01. The number of aromatic nitrogens is 3. The van der Waals surface area contributed by atoms with Crippen molar-refractivity contribution < 1.29 is 5.11 Å². The lowest BCUT2D eigenvalue weighted by atomic mass is 10.1. The second-order valence-corrected chi connectivity index (χ2v) is 5.01. The van der Waals surface area contributed by atoms with Crippen LogP contribution in [0.25, 0.3) is 22.3 Å². The lowest BCUT2D eigenvalue weighted by molar-refractivity contribution is 0.477. The molecule has 3 rings (SSSR count). The Morgan fingerprint density at radius 2 is 2.00 bits per heavy atom. The van der Waals surface area contributed by atoms with Crippen molar-refractivity contribution in [3.8, 4) is 17.0 Å². The van der Waals surface area contributed by atoms with Crippen LogP contribution in [0.5, 0.6) is 5.75 Å². The van der Waals surface area contributed by atoms with E-state index in [1.54, 1.807) is 24.3 Å². The zero-order valence-electron chi connectivity index (χ0n) is 9.98. The van der Waals surface area contributed by atoms with Crippen LogP contribution in [0.15, 0.2) is 35.1 Å². The van der Waals surface area contributed by atoms with Crippen molar-refractivity contribution in [2.75, 3.05) is 0 Å². The smallest absolute Gasteiger partial charge is 0.261 e. The van der Waals surface area contributed by atoms with Crippen molar-refractivity contribution in [1.29, 1.82) is 0 Å². The maximum absolute atomic E-state index is 11.7. The molecule has 0 amide bonds. The maximum Gasteiger partial charge on any atom is 0.261 e. The zero-order valence-corrected chi connectivity index (χ0v) is 11.5. The summed E-state index contributed by atoms with van der Waals surface area (Å²) in [5.41, 5.74) is 1.03. The van der Waals surface area contributed by atoms with Gasteiger partial charge in [0, 0.05) is 10.6 Å². The molecule has 0 spiro atoms. The Kier molecular flexibility index (Phi) is 3.04. The first-order valence-electron chi connectivity index (χ1n) is 5.67. The Labute approximate surface area is 122 Å². The molecule has 5 nitrogen and oxygen atoms in total. The molecule has 0 atom stereocenters. The highest BCUT2D eigenvalue weighted by atomic mass is 35.5. The largest absolute Gasteiger partial charge is 0.507 e. The summed E-state index contributed by atoms with van der Waals surface area (Å²) in [4.78, 5) is 21.3. The van der Waals surface area contributed by atoms with E-state index in [9.17, 15) is 9.90 Å². The van der Waals surface area contributed by atoms with Gasteiger partial charge in [0.2, 0.25) is 0 Å². The van der Waals surface area contributed by atoms with Crippen molar-refractivity contribution in [1.82, 2.24) is 15.0 Å². The standard InChI is InChI=1S/C13H8ClN3O2S/c14-6-1-4-10(18)8(5-6)9-3-2-7-11(15-9)16-13(20)17-12(7)19/h1-5,18H,(H2,15,16,17,19,20).